The Morgan fingerprint density at radius 1 is 1.41 bits per heavy atom. The van der Waals surface area contributed by atoms with Crippen LogP contribution in [0.2, 0.25) is 5.02 Å². The molecule has 98 valence electrons. The molecule has 0 aliphatic carbocycles. The van der Waals surface area contributed by atoms with E-state index in [9.17, 15) is 0 Å². The summed E-state index contributed by atoms with van der Waals surface area (Å²) >= 11 is 6.00. The minimum atomic E-state index is 0.419. The fourth-order valence-electron chi connectivity index (χ4n) is 1.73. The minimum absolute atomic E-state index is 0.419. The van der Waals surface area contributed by atoms with Gasteiger partial charge in [-0.1, -0.05) is 25.4 Å². The molecule has 3 nitrogen and oxygen atoms in total. The smallest absolute Gasteiger partial charge is 0.0815 e. The van der Waals surface area contributed by atoms with Crippen LogP contribution < -0.4 is 5.32 Å². The predicted octanol–water partition coefficient (Wildman–Crippen LogP) is 3.43. The first kappa shape index (κ1) is 14.5. The van der Waals surface area contributed by atoms with E-state index in [-0.39, 0.29) is 0 Å². The number of halogens is 1. The second kappa shape index (κ2) is 7.02. The van der Waals surface area contributed by atoms with Gasteiger partial charge in [0, 0.05) is 12.2 Å². The van der Waals surface area contributed by atoms with Crippen LogP contribution >= 0.6 is 11.6 Å². The van der Waals surface area contributed by atoms with Crippen molar-refractivity contribution in [2.45, 2.75) is 46.6 Å². The quantitative estimate of drug-likeness (QED) is 0.759. The number of rotatable bonds is 7. The Balaban J connectivity index is 2.23. The Labute approximate surface area is 110 Å². The molecule has 0 bridgehead atoms. The summed E-state index contributed by atoms with van der Waals surface area (Å²) in [5.74, 6) is 0.722. The first-order valence-corrected chi connectivity index (χ1v) is 6.80. The highest BCUT2D eigenvalue weighted by Crippen LogP contribution is 2.18. The topological polar surface area (TPSA) is 29.9 Å². The van der Waals surface area contributed by atoms with Gasteiger partial charge in [0.2, 0.25) is 0 Å². The van der Waals surface area contributed by atoms with E-state index in [4.69, 9.17) is 11.6 Å². The summed E-state index contributed by atoms with van der Waals surface area (Å²) in [5.41, 5.74) is 0.913. The molecule has 0 aromatic carbocycles. The largest absolute Gasteiger partial charge is 0.316 e. The zero-order valence-electron chi connectivity index (χ0n) is 11.3. The van der Waals surface area contributed by atoms with Crippen LogP contribution in [0.5, 0.6) is 0 Å². The number of hydrogen-bond donors (Lipinski definition) is 1. The Bertz CT molecular complexity index is 314. The monoisotopic (exact) mass is 257 g/mol. The molecule has 0 aliphatic rings. The van der Waals surface area contributed by atoms with Gasteiger partial charge >= 0.3 is 0 Å². The van der Waals surface area contributed by atoms with E-state index in [0.29, 0.717) is 6.04 Å². The van der Waals surface area contributed by atoms with E-state index in [1.807, 2.05) is 17.8 Å². The summed E-state index contributed by atoms with van der Waals surface area (Å²) < 4.78 is 1.97. The van der Waals surface area contributed by atoms with Crippen LogP contribution in [-0.4, -0.2) is 22.9 Å². The highest BCUT2D eigenvalue weighted by atomic mass is 35.5. The third kappa shape index (κ3) is 5.09. The lowest BCUT2D eigenvalue weighted by Gasteiger charge is -2.12. The second-order valence-electron chi connectivity index (χ2n) is 5.13. The fraction of sp³-hybridized carbons (Fsp3) is 0.769. The molecule has 4 heteroatoms. The molecule has 1 aromatic rings. The molecule has 1 aromatic heterocycles. The van der Waals surface area contributed by atoms with Crippen molar-refractivity contribution in [3.05, 3.63) is 16.9 Å². The third-order valence-corrected chi connectivity index (χ3v) is 3.21. The van der Waals surface area contributed by atoms with Gasteiger partial charge in [0.15, 0.2) is 0 Å². The van der Waals surface area contributed by atoms with Gasteiger partial charge in [-0.25, -0.2) is 0 Å². The molecule has 0 fully saturated rings. The molecular formula is C13H24ClN3. The predicted molar refractivity (Wildman–Crippen MR) is 73.6 cm³/mol. The van der Waals surface area contributed by atoms with Gasteiger partial charge in [-0.3, -0.25) is 4.68 Å². The molecule has 1 atom stereocenters. The van der Waals surface area contributed by atoms with Crippen molar-refractivity contribution in [1.82, 2.24) is 15.1 Å². The van der Waals surface area contributed by atoms with Crippen LogP contribution in [0.4, 0.5) is 0 Å². The Morgan fingerprint density at radius 2 is 2.12 bits per heavy atom. The van der Waals surface area contributed by atoms with Crippen LogP contribution in [0.3, 0.4) is 0 Å². The number of nitrogens with zero attached hydrogens (tertiary/aromatic N) is 2. The molecule has 1 rings (SSSR count). The van der Waals surface area contributed by atoms with Crippen LogP contribution in [-0.2, 0) is 0 Å². The molecule has 0 spiro atoms. The van der Waals surface area contributed by atoms with E-state index in [2.05, 4.69) is 31.2 Å². The van der Waals surface area contributed by atoms with Gasteiger partial charge in [0.25, 0.3) is 0 Å². The third-order valence-electron chi connectivity index (χ3n) is 2.84. The van der Waals surface area contributed by atoms with Gasteiger partial charge in [0.1, 0.15) is 0 Å². The SMILES string of the molecule is Cc1nn(C(C)CCCNCC(C)C)cc1Cl. The van der Waals surface area contributed by atoms with Crippen LogP contribution in [0, 0.1) is 12.8 Å². The Kier molecular flexibility index (Phi) is 6.00. The van der Waals surface area contributed by atoms with E-state index in [0.717, 1.165) is 36.1 Å². The van der Waals surface area contributed by atoms with Crippen molar-refractivity contribution in [1.29, 1.82) is 0 Å². The number of aromatic nitrogens is 2. The average Bonchev–Trinajstić information content (AvgIpc) is 2.58. The fourth-order valence-corrected chi connectivity index (χ4v) is 1.87. The summed E-state index contributed by atoms with van der Waals surface area (Å²) in [6.45, 7) is 10.8. The van der Waals surface area contributed by atoms with Crippen molar-refractivity contribution in [2.75, 3.05) is 13.1 Å². The van der Waals surface area contributed by atoms with Crippen LogP contribution in [0.1, 0.15) is 45.3 Å². The number of hydrogen-bond acceptors (Lipinski definition) is 2. The minimum Gasteiger partial charge on any atom is -0.316 e. The van der Waals surface area contributed by atoms with Gasteiger partial charge in [0.05, 0.1) is 10.7 Å². The van der Waals surface area contributed by atoms with Gasteiger partial charge < -0.3 is 5.32 Å². The van der Waals surface area contributed by atoms with Crippen molar-refractivity contribution < 1.29 is 0 Å². The van der Waals surface area contributed by atoms with Crippen molar-refractivity contribution >= 4 is 11.6 Å². The molecule has 1 N–H and O–H groups in total. The van der Waals surface area contributed by atoms with E-state index >= 15 is 0 Å². The molecule has 0 saturated carbocycles. The lowest BCUT2D eigenvalue weighted by Crippen LogP contribution is -2.21. The van der Waals surface area contributed by atoms with Crippen molar-refractivity contribution in [3.63, 3.8) is 0 Å². The van der Waals surface area contributed by atoms with E-state index in [1.54, 1.807) is 0 Å². The summed E-state index contributed by atoms with van der Waals surface area (Å²) in [4.78, 5) is 0. The van der Waals surface area contributed by atoms with E-state index in [1.165, 1.54) is 6.42 Å². The van der Waals surface area contributed by atoms with E-state index < -0.39 is 0 Å². The van der Waals surface area contributed by atoms with Gasteiger partial charge in [-0.2, -0.15) is 5.10 Å². The summed E-state index contributed by atoms with van der Waals surface area (Å²) in [6.07, 6.45) is 4.22. The molecule has 0 radical (unpaired) electrons. The highest BCUT2D eigenvalue weighted by molar-refractivity contribution is 6.31. The molecular weight excluding hydrogens is 234 g/mol. The van der Waals surface area contributed by atoms with Gasteiger partial charge in [-0.05, 0) is 45.7 Å². The first-order chi connectivity index (χ1) is 8.00. The maximum atomic E-state index is 6.00. The first-order valence-electron chi connectivity index (χ1n) is 6.42. The molecule has 0 saturated heterocycles. The lowest BCUT2D eigenvalue weighted by molar-refractivity contribution is 0.431. The Morgan fingerprint density at radius 3 is 2.65 bits per heavy atom. The average molecular weight is 258 g/mol. The molecule has 17 heavy (non-hydrogen) atoms. The van der Waals surface area contributed by atoms with Crippen LogP contribution in [0.15, 0.2) is 6.20 Å². The zero-order valence-corrected chi connectivity index (χ0v) is 12.1. The number of aryl methyl sites for hydroxylation is 1. The van der Waals surface area contributed by atoms with Gasteiger partial charge in [-0.15, -0.1) is 0 Å². The van der Waals surface area contributed by atoms with Crippen molar-refractivity contribution in [2.24, 2.45) is 5.92 Å². The summed E-state index contributed by atoms with van der Waals surface area (Å²) in [7, 11) is 0. The maximum absolute atomic E-state index is 6.00. The molecule has 0 amide bonds. The standard InChI is InChI=1S/C13H24ClN3/c1-10(2)8-15-7-5-6-11(3)17-9-13(14)12(4)16-17/h9-11,15H,5-8H2,1-4H3. The number of nitrogens with one attached hydrogen (secondary N) is 1. The highest BCUT2D eigenvalue weighted by Gasteiger charge is 2.08. The van der Waals surface area contributed by atoms with Crippen molar-refractivity contribution in [3.8, 4) is 0 Å². The summed E-state index contributed by atoms with van der Waals surface area (Å²) in [6, 6.07) is 0.419. The van der Waals surface area contributed by atoms with Crippen LogP contribution in [0.25, 0.3) is 0 Å². The maximum Gasteiger partial charge on any atom is 0.0815 e. The molecule has 1 heterocycles. The summed E-state index contributed by atoms with van der Waals surface area (Å²) in [5, 5.41) is 8.61. The molecule has 1 unspecified atom stereocenters. The zero-order chi connectivity index (χ0) is 12.8. The normalized spacial score (nSPS) is 13.3. The lowest BCUT2D eigenvalue weighted by atomic mass is 10.2. The second-order valence-corrected chi connectivity index (χ2v) is 5.54. The Hall–Kier alpha value is -0.540. The molecule has 0 aliphatic heterocycles.